The molecule has 3 aliphatic rings. The fourth-order valence-electron chi connectivity index (χ4n) is 5.93. The lowest BCUT2D eigenvalue weighted by molar-refractivity contribution is -0.198. The van der Waals surface area contributed by atoms with E-state index < -0.39 is 25.7 Å². The van der Waals surface area contributed by atoms with E-state index in [4.69, 9.17) is 13.9 Å². The molecule has 6 heteroatoms. The van der Waals surface area contributed by atoms with Crippen molar-refractivity contribution in [2.75, 3.05) is 14.2 Å². The van der Waals surface area contributed by atoms with E-state index in [-0.39, 0.29) is 27.9 Å². The van der Waals surface area contributed by atoms with Gasteiger partial charge in [0.2, 0.25) is 0 Å². The highest BCUT2D eigenvalue weighted by Gasteiger charge is 2.71. The average molecular weight is 423 g/mol. The van der Waals surface area contributed by atoms with E-state index in [0.717, 1.165) is 12.8 Å². The molecule has 2 saturated carbocycles. The van der Waals surface area contributed by atoms with Crippen molar-refractivity contribution in [1.29, 1.82) is 0 Å². The highest BCUT2D eigenvalue weighted by atomic mass is 28.4. The molecule has 4 atom stereocenters. The Labute approximate surface area is 176 Å². The Balaban J connectivity index is 2.03. The molecule has 0 bridgehead atoms. The van der Waals surface area contributed by atoms with Gasteiger partial charge in [0.1, 0.15) is 0 Å². The van der Waals surface area contributed by atoms with Gasteiger partial charge in [-0.2, -0.15) is 0 Å². The fraction of sp³-hybridized carbons (Fsp3) is 0.826. The smallest absolute Gasteiger partial charge is 0.323 e. The number of hydrogen-bond acceptors (Lipinski definition) is 5. The molecule has 5 nitrogen and oxygen atoms in total. The molecule has 0 aromatic rings. The number of hydrogen-bond donors (Lipinski definition) is 0. The van der Waals surface area contributed by atoms with Crippen LogP contribution in [-0.4, -0.2) is 40.1 Å². The molecule has 0 unspecified atom stereocenters. The predicted octanol–water partition coefficient (Wildman–Crippen LogP) is 4.87. The molecule has 3 rings (SSSR count). The Bertz CT molecular complexity index is 733. The first-order chi connectivity index (χ1) is 13.2. The summed E-state index contributed by atoms with van der Waals surface area (Å²) in [6.45, 7) is 16.0. The summed E-state index contributed by atoms with van der Waals surface area (Å²) in [6.07, 6.45) is 5.21. The molecule has 3 aliphatic carbocycles. The van der Waals surface area contributed by atoms with Gasteiger partial charge in [-0.1, -0.05) is 46.3 Å². The quantitative estimate of drug-likeness (QED) is 0.280. The first-order valence-corrected chi connectivity index (χ1v) is 13.7. The Morgan fingerprint density at radius 2 is 1.66 bits per heavy atom. The summed E-state index contributed by atoms with van der Waals surface area (Å²) >= 11 is 0. The second-order valence-electron chi connectivity index (χ2n) is 11.2. The highest BCUT2D eigenvalue weighted by Crippen LogP contribution is 2.70. The van der Waals surface area contributed by atoms with Gasteiger partial charge in [-0.15, -0.1) is 0 Å². The van der Waals surface area contributed by atoms with Crippen LogP contribution in [-0.2, 0) is 23.5 Å². The maximum absolute atomic E-state index is 12.7. The van der Waals surface area contributed by atoms with E-state index in [2.05, 4.69) is 53.8 Å². The minimum Gasteiger partial charge on any atom is -0.468 e. The Hall–Kier alpha value is -1.14. The maximum Gasteiger partial charge on any atom is 0.323 e. The van der Waals surface area contributed by atoms with Gasteiger partial charge in [0.05, 0.1) is 19.8 Å². The maximum atomic E-state index is 12.7. The molecular formula is C23H38O5Si. The van der Waals surface area contributed by atoms with Gasteiger partial charge < -0.3 is 13.9 Å². The second-order valence-corrected chi connectivity index (χ2v) is 15.9. The van der Waals surface area contributed by atoms with Crippen LogP contribution < -0.4 is 0 Å². The molecule has 2 fully saturated rings. The fourth-order valence-corrected chi connectivity index (χ4v) is 7.66. The summed E-state index contributed by atoms with van der Waals surface area (Å²) in [6, 6.07) is 0. The van der Waals surface area contributed by atoms with Crippen molar-refractivity contribution in [2.45, 2.75) is 84.0 Å². The SMILES string of the molecule is COC(=O)C1(C(=O)OC)CC2=C[C@@H](C)[C@@]3(O[Si](C)(C)C(C)(C)C)CC[C@@]3(C)[C@H]2C1. The van der Waals surface area contributed by atoms with E-state index in [0.29, 0.717) is 12.8 Å². The molecule has 0 N–H and O–H groups in total. The van der Waals surface area contributed by atoms with Gasteiger partial charge in [0, 0.05) is 11.3 Å². The third kappa shape index (κ3) is 2.88. The van der Waals surface area contributed by atoms with Crippen LogP contribution in [0.15, 0.2) is 11.6 Å². The molecule has 0 spiro atoms. The van der Waals surface area contributed by atoms with Crippen LogP contribution in [0.1, 0.15) is 60.3 Å². The molecule has 0 aliphatic heterocycles. The number of carbonyl (C=O) groups excluding carboxylic acids is 2. The topological polar surface area (TPSA) is 61.8 Å². The van der Waals surface area contributed by atoms with E-state index >= 15 is 0 Å². The van der Waals surface area contributed by atoms with Crippen LogP contribution in [0.3, 0.4) is 0 Å². The summed E-state index contributed by atoms with van der Waals surface area (Å²) in [5.41, 5.74) is -0.349. The zero-order valence-electron chi connectivity index (χ0n) is 19.6. The van der Waals surface area contributed by atoms with Gasteiger partial charge in [0.15, 0.2) is 13.7 Å². The number of carbonyl (C=O) groups is 2. The van der Waals surface area contributed by atoms with Crippen LogP contribution in [0, 0.1) is 22.7 Å². The van der Waals surface area contributed by atoms with Crippen LogP contribution in [0.5, 0.6) is 0 Å². The Morgan fingerprint density at radius 1 is 1.10 bits per heavy atom. The number of rotatable bonds is 4. The predicted molar refractivity (Wildman–Crippen MR) is 115 cm³/mol. The van der Waals surface area contributed by atoms with Gasteiger partial charge in [-0.3, -0.25) is 9.59 Å². The lowest BCUT2D eigenvalue weighted by Crippen LogP contribution is -2.69. The van der Waals surface area contributed by atoms with Crippen molar-refractivity contribution in [1.82, 2.24) is 0 Å². The minimum atomic E-state index is -1.99. The largest absolute Gasteiger partial charge is 0.468 e. The second kappa shape index (κ2) is 6.68. The molecule has 29 heavy (non-hydrogen) atoms. The Morgan fingerprint density at radius 3 is 2.07 bits per heavy atom. The van der Waals surface area contributed by atoms with Crippen molar-refractivity contribution in [3.8, 4) is 0 Å². The number of methoxy groups -OCH3 is 2. The zero-order valence-corrected chi connectivity index (χ0v) is 20.6. The lowest BCUT2D eigenvalue weighted by Gasteiger charge is -2.67. The monoisotopic (exact) mass is 422 g/mol. The zero-order chi connectivity index (χ0) is 22.0. The van der Waals surface area contributed by atoms with Crippen molar-refractivity contribution < 1.29 is 23.5 Å². The molecule has 164 valence electrons. The van der Waals surface area contributed by atoms with Crippen molar-refractivity contribution in [2.24, 2.45) is 22.7 Å². The molecule has 0 heterocycles. The van der Waals surface area contributed by atoms with Gasteiger partial charge in [0.25, 0.3) is 0 Å². The first kappa shape index (κ1) is 22.5. The van der Waals surface area contributed by atoms with Gasteiger partial charge in [-0.05, 0) is 49.7 Å². The average Bonchev–Trinajstić information content (AvgIpc) is 3.02. The minimum absolute atomic E-state index is 0.0875. The molecule has 0 radical (unpaired) electrons. The summed E-state index contributed by atoms with van der Waals surface area (Å²) in [7, 11) is 0.705. The highest BCUT2D eigenvalue weighted by molar-refractivity contribution is 6.74. The summed E-state index contributed by atoms with van der Waals surface area (Å²) < 4.78 is 17.3. The van der Waals surface area contributed by atoms with E-state index in [1.54, 1.807) is 0 Å². The van der Waals surface area contributed by atoms with E-state index in [1.165, 1.54) is 19.8 Å². The molecule has 0 amide bonds. The molecular weight excluding hydrogens is 384 g/mol. The normalized spacial score (nSPS) is 35.7. The number of esters is 2. The summed E-state index contributed by atoms with van der Waals surface area (Å²) in [4.78, 5) is 25.5. The molecule has 0 saturated heterocycles. The Kier molecular flexibility index (Phi) is 5.19. The lowest BCUT2D eigenvalue weighted by atomic mass is 9.45. The van der Waals surface area contributed by atoms with Crippen LogP contribution in [0.25, 0.3) is 0 Å². The molecule has 0 aromatic carbocycles. The number of allylic oxidation sites excluding steroid dienone is 1. The number of ether oxygens (including phenoxy) is 2. The standard InChI is InChI=1S/C23H38O5Si/c1-15-12-16-13-22(18(24)26-6,19(25)27-7)14-17(16)21(5)10-11-23(15,21)28-29(8,9)20(2,3)4/h12,15,17H,10-11,13-14H2,1-9H3/t15-,17+,21+,23+/m1/s1. The van der Waals surface area contributed by atoms with E-state index in [1.807, 2.05) is 0 Å². The van der Waals surface area contributed by atoms with E-state index in [9.17, 15) is 9.59 Å². The molecule has 0 aromatic heterocycles. The summed E-state index contributed by atoms with van der Waals surface area (Å²) in [5, 5.41) is 0.124. The van der Waals surface area contributed by atoms with Gasteiger partial charge in [-0.25, -0.2) is 0 Å². The van der Waals surface area contributed by atoms with Crippen molar-refractivity contribution >= 4 is 20.3 Å². The number of fused-ring (bicyclic) bond motifs is 3. The first-order valence-electron chi connectivity index (χ1n) is 10.8. The van der Waals surface area contributed by atoms with Gasteiger partial charge >= 0.3 is 11.9 Å². The van der Waals surface area contributed by atoms with Crippen molar-refractivity contribution in [3.63, 3.8) is 0 Å². The summed E-state index contributed by atoms with van der Waals surface area (Å²) in [5.74, 6) is -0.583. The van der Waals surface area contributed by atoms with Crippen molar-refractivity contribution in [3.05, 3.63) is 11.6 Å². The van der Waals surface area contributed by atoms with Crippen LogP contribution in [0.4, 0.5) is 0 Å². The third-order valence-electron chi connectivity index (χ3n) is 8.85. The van der Waals surface area contributed by atoms with Crippen LogP contribution >= 0.6 is 0 Å². The third-order valence-corrected chi connectivity index (χ3v) is 13.3. The van der Waals surface area contributed by atoms with Crippen LogP contribution in [0.2, 0.25) is 18.1 Å².